The van der Waals surface area contributed by atoms with Crippen molar-refractivity contribution >= 4 is 0 Å². The van der Waals surface area contributed by atoms with Gasteiger partial charge in [0.1, 0.15) is 5.82 Å². The number of hydrogen-bond donors (Lipinski definition) is 2. The van der Waals surface area contributed by atoms with E-state index in [4.69, 9.17) is 5.73 Å². The van der Waals surface area contributed by atoms with Gasteiger partial charge in [0.25, 0.3) is 0 Å². The molecule has 0 saturated carbocycles. The van der Waals surface area contributed by atoms with E-state index >= 15 is 0 Å². The number of H-pyrrole nitrogens is 1. The second-order valence-corrected chi connectivity index (χ2v) is 2.58. The van der Waals surface area contributed by atoms with Gasteiger partial charge in [0.2, 0.25) is 0 Å². The fraction of sp³-hybridized carbons (Fsp3) is 0.714. The smallest absolute Gasteiger partial charge is 0.330 e. The molecule has 0 aliphatic rings. The van der Waals surface area contributed by atoms with Crippen molar-refractivity contribution in [1.29, 1.82) is 0 Å². The lowest BCUT2D eigenvalue weighted by molar-refractivity contribution is 0.622. The number of aromatic amines is 1. The summed E-state index contributed by atoms with van der Waals surface area (Å²) >= 11 is 0. The molecule has 12 heavy (non-hydrogen) atoms. The number of aryl methyl sites for hydroxylation is 2. The molecule has 0 bridgehead atoms. The molecule has 1 heterocycles. The molecule has 5 heteroatoms. The average molecular weight is 170 g/mol. The Hall–Kier alpha value is -1.10. The van der Waals surface area contributed by atoms with Gasteiger partial charge in [-0.3, -0.25) is 4.98 Å². The Morgan fingerprint density at radius 2 is 2.42 bits per heavy atom. The minimum absolute atomic E-state index is 0.135. The van der Waals surface area contributed by atoms with Crippen LogP contribution in [0.15, 0.2) is 4.79 Å². The predicted octanol–water partition coefficient (Wildman–Crippen LogP) is -0.517. The van der Waals surface area contributed by atoms with Crippen LogP contribution in [0.4, 0.5) is 0 Å². The molecular formula is C7H14N4O. The molecule has 0 aliphatic heterocycles. The quantitative estimate of drug-likeness (QED) is 0.638. The molecule has 1 aromatic heterocycles. The lowest BCUT2D eigenvalue weighted by Crippen LogP contribution is -2.16. The highest BCUT2D eigenvalue weighted by Crippen LogP contribution is 1.90. The van der Waals surface area contributed by atoms with Crippen molar-refractivity contribution in [2.24, 2.45) is 5.73 Å². The van der Waals surface area contributed by atoms with Gasteiger partial charge in [-0.25, -0.2) is 9.48 Å². The number of aromatic nitrogens is 3. The van der Waals surface area contributed by atoms with Crippen LogP contribution < -0.4 is 11.4 Å². The van der Waals surface area contributed by atoms with Gasteiger partial charge in [0.05, 0.1) is 0 Å². The van der Waals surface area contributed by atoms with Crippen molar-refractivity contribution in [2.45, 2.75) is 26.3 Å². The lowest BCUT2D eigenvalue weighted by atomic mass is 10.3. The minimum atomic E-state index is -0.135. The molecule has 0 aromatic carbocycles. The number of hydrogen-bond acceptors (Lipinski definition) is 3. The van der Waals surface area contributed by atoms with Crippen LogP contribution in [0.5, 0.6) is 0 Å². The Labute approximate surface area is 70.6 Å². The second kappa shape index (κ2) is 4.06. The van der Waals surface area contributed by atoms with Crippen LogP contribution in [0, 0.1) is 0 Å². The topological polar surface area (TPSA) is 76.7 Å². The zero-order chi connectivity index (χ0) is 8.97. The Morgan fingerprint density at radius 1 is 1.67 bits per heavy atom. The van der Waals surface area contributed by atoms with Gasteiger partial charge in [-0.05, 0) is 19.9 Å². The minimum Gasteiger partial charge on any atom is -0.330 e. The Morgan fingerprint density at radius 3 is 2.92 bits per heavy atom. The highest BCUT2D eigenvalue weighted by Gasteiger charge is 2.01. The van der Waals surface area contributed by atoms with Gasteiger partial charge in [-0.15, -0.1) is 0 Å². The summed E-state index contributed by atoms with van der Waals surface area (Å²) in [5, 5.41) is 4.06. The third kappa shape index (κ3) is 1.94. The molecule has 0 spiro atoms. The maximum absolute atomic E-state index is 11.0. The highest BCUT2D eigenvalue weighted by atomic mass is 16.1. The van der Waals surface area contributed by atoms with Crippen molar-refractivity contribution in [1.82, 2.24) is 14.8 Å². The summed E-state index contributed by atoms with van der Waals surface area (Å²) in [5.41, 5.74) is 5.19. The summed E-state index contributed by atoms with van der Waals surface area (Å²) in [4.78, 5) is 13.7. The molecule has 1 aromatic rings. The summed E-state index contributed by atoms with van der Waals surface area (Å²) in [6, 6.07) is 0. The Kier molecular flexibility index (Phi) is 3.04. The van der Waals surface area contributed by atoms with E-state index in [0.717, 1.165) is 18.7 Å². The third-order valence-electron chi connectivity index (χ3n) is 1.64. The van der Waals surface area contributed by atoms with Gasteiger partial charge in [0.15, 0.2) is 0 Å². The number of nitrogens with one attached hydrogen (secondary N) is 1. The van der Waals surface area contributed by atoms with E-state index in [1.807, 2.05) is 6.92 Å². The monoisotopic (exact) mass is 170 g/mol. The van der Waals surface area contributed by atoms with Crippen molar-refractivity contribution in [2.75, 3.05) is 6.54 Å². The zero-order valence-electron chi connectivity index (χ0n) is 7.21. The van der Waals surface area contributed by atoms with E-state index in [1.165, 1.54) is 4.68 Å². The van der Waals surface area contributed by atoms with Crippen molar-refractivity contribution in [3.8, 4) is 0 Å². The van der Waals surface area contributed by atoms with E-state index < -0.39 is 0 Å². The van der Waals surface area contributed by atoms with E-state index in [2.05, 4.69) is 10.1 Å². The van der Waals surface area contributed by atoms with Gasteiger partial charge in [-0.1, -0.05) is 0 Å². The molecule has 0 unspecified atom stereocenters. The van der Waals surface area contributed by atoms with Crippen LogP contribution in [0.2, 0.25) is 0 Å². The zero-order valence-corrected chi connectivity index (χ0v) is 7.21. The fourth-order valence-corrected chi connectivity index (χ4v) is 1.00. The molecule has 68 valence electrons. The van der Waals surface area contributed by atoms with Crippen LogP contribution in [-0.4, -0.2) is 21.3 Å². The first-order chi connectivity index (χ1) is 5.77. The highest BCUT2D eigenvalue weighted by molar-refractivity contribution is 4.82. The molecule has 5 nitrogen and oxygen atoms in total. The van der Waals surface area contributed by atoms with Crippen LogP contribution in [0.25, 0.3) is 0 Å². The predicted molar refractivity (Wildman–Crippen MR) is 45.9 cm³/mol. The SMILES string of the molecule is CCn1nc(CCCN)[nH]c1=O. The molecular weight excluding hydrogens is 156 g/mol. The maximum Gasteiger partial charge on any atom is 0.343 e. The molecule has 0 saturated heterocycles. The Bertz CT molecular complexity index is 288. The lowest BCUT2D eigenvalue weighted by Gasteiger charge is -1.91. The van der Waals surface area contributed by atoms with E-state index in [1.54, 1.807) is 0 Å². The summed E-state index contributed by atoms with van der Waals surface area (Å²) in [5.74, 6) is 0.729. The number of rotatable bonds is 4. The number of nitrogens with zero attached hydrogens (tertiary/aromatic N) is 2. The van der Waals surface area contributed by atoms with Gasteiger partial charge >= 0.3 is 5.69 Å². The second-order valence-electron chi connectivity index (χ2n) is 2.58. The average Bonchev–Trinajstić information content (AvgIpc) is 2.43. The first-order valence-electron chi connectivity index (χ1n) is 4.14. The van der Waals surface area contributed by atoms with E-state index in [-0.39, 0.29) is 5.69 Å². The molecule has 0 fully saturated rings. The molecule has 0 atom stereocenters. The Balaban J connectivity index is 2.69. The summed E-state index contributed by atoms with van der Waals surface area (Å²) in [6.45, 7) is 3.12. The first kappa shape index (κ1) is 8.99. The summed E-state index contributed by atoms with van der Waals surface area (Å²) in [6.07, 6.45) is 1.61. The molecule has 3 N–H and O–H groups in total. The van der Waals surface area contributed by atoms with Crippen molar-refractivity contribution in [3.63, 3.8) is 0 Å². The molecule has 1 rings (SSSR count). The number of nitrogens with two attached hydrogens (primary N) is 1. The van der Waals surface area contributed by atoms with Crippen molar-refractivity contribution in [3.05, 3.63) is 16.3 Å². The standard InChI is InChI=1S/C7H14N4O/c1-2-11-7(12)9-6(10-11)4-3-5-8/h2-5,8H2,1H3,(H,9,10,12). The molecule has 0 aliphatic carbocycles. The van der Waals surface area contributed by atoms with Gasteiger partial charge < -0.3 is 5.73 Å². The van der Waals surface area contributed by atoms with Gasteiger partial charge in [0, 0.05) is 13.0 Å². The van der Waals surface area contributed by atoms with E-state index in [9.17, 15) is 4.79 Å². The normalized spacial score (nSPS) is 10.5. The fourth-order valence-electron chi connectivity index (χ4n) is 1.00. The van der Waals surface area contributed by atoms with E-state index in [0.29, 0.717) is 13.1 Å². The molecule has 0 radical (unpaired) electrons. The maximum atomic E-state index is 11.0. The van der Waals surface area contributed by atoms with Crippen LogP contribution >= 0.6 is 0 Å². The van der Waals surface area contributed by atoms with Crippen LogP contribution in [0.1, 0.15) is 19.2 Å². The third-order valence-corrected chi connectivity index (χ3v) is 1.64. The van der Waals surface area contributed by atoms with Crippen LogP contribution in [0.3, 0.4) is 0 Å². The first-order valence-corrected chi connectivity index (χ1v) is 4.14. The summed E-state index contributed by atoms with van der Waals surface area (Å²) in [7, 11) is 0. The van der Waals surface area contributed by atoms with Gasteiger partial charge in [-0.2, -0.15) is 5.10 Å². The summed E-state index contributed by atoms with van der Waals surface area (Å²) < 4.78 is 1.41. The molecule has 0 amide bonds. The van der Waals surface area contributed by atoms with Crippen molar-refractivity contribution < 1.29 is 0 Å². The van der Waals surface area contributed by atoms with Crippen LogP contribution in [-0.2, 0) is 13.0 Å². The largest absolute Gasteiger partial charge is 0.343 e.